The summed E-state index contributed by atoms with van der Waals surface area (Å²) in [6.45, 7) is 0.509. The third-order valence-corrected chi connectivity index (χ3v) is 5.00. The molecule has 8 nitrogen and oxygen atoms in total. The third kappa shape index (κ3) is 4.96. The van der Waals surface area contributed by atoms with E-state index < -0.39 is 10.0 Å². The van der Waals surface area contributed by atoms with Gasteiger partial charge in [-0.25, -0.2) is 18.5 Å². The summed E-state index contributed by atoms with van der Waals surface area (Å²) in [5.41, 5.74) is 1.10. The highest BCUT2D eigenvalue weighted by molar-refractivity contribution is 7.89. The molecule has 3 rings (SSSR count). The predicted octanol–water partition coefficient (Wildman–Crippen LogP) is 1.58. The Balaban J connectivity index is 1.57. The van der Waals surface area contributed by atoms with Crippen molar-refractivity contribution < 1.29 is 17.9 Å². The van der Waals surface area contributed by atoms with Crippen LogP contribution in [0.25, 0.3) is 0 Å². The number of benzene rings is 2. The van der Waals surface area contributed by atoms with E-state index in [-0.39, 0.29) is 17.3 Å². The number of rotatable bonds is 7. The van der Waals surface area contributed by atoms with Crippen LogP contribution in [0.3, 0.4) is 0 Å². The molecule has 0 fully saturated rings. The van der Waals surface area contributed by atoms with Crippen LogP contribution in [0.2, 0.25) is 0 Å². The highest BCUT2D eigenvalue weighted by atomic mass is 32.2. The minimum atomic E-state index is -3.78. The Kier molecular flexibility index (Phi) is 5.76. The number of hydrogen-bond acceptors (Lipinski definition) is 5. The highest BCUT2D eigenvalue weighted by Gasteiger charge is 2.10. The van der Waals surface area contributed by atoms with Gasteiger partial charge in [0.2, 0.25) is 10.0 Å². The fourth-order valence-electron chi connectivity index (χ4n) is 2.50. The second-order valence-corrected chi connectivity index (χ2v) is 7.70. The van der Waals surface area contributed by atoms with Crippen LogP contribution in [0.1, 0.15) is 21.7 Å². The Hall–Kier alpha value is -3.17. The number of primary sulfonamides is 1. The van der Waals surface area contributed by atoms with Crippen LogP contribution in [-0.4, -0.2) is 23.9 Å². The average Bonchev–Trinajstić information content (AvgIpc) is 3.09. The van der Waals surface area contributed by atoms with E-state index in [0.29, 0.717) is 23.5 Å². The zero-order chi connectivity index (χ0) is 20.1. The number of aryl methyl sites for hydroxylation is 1. The largest absolute Gasteiger partial charge is 0.486 e. The number of amides is 1. The number of sulfonamides is 1. The Morgan fingerprint density at radius 1 is 1.21 bits per heavy atom. The van der Waals surface area contributed by atoms with Gasteiger partial charge in [-0.1, -0.05) is 12.1 Å². The fourth-order valence-corrected chi connectivity index (χ4v) is 3.09. The summed E-state index contributed by atoms with van der Waals surface area (Å²) in [7, 11) is -1.89. The quantitative estimate of drug-likeness (QED) is 0.625. The lowest BCUT2D eigenvalue weighted by Crippen LogP contribution is -2.23. The molecule has 0 saturated carbocycles. The first kappa shape index (κ1) is 19.6. The number of aromatic nitrogens is 2. The number of imidazole rings is 1. The molecule has 3 N–H and O–H groups in total. The smallest absolute Gasteiger partial charge is 0.251 e. The monoisotopic (exact) mass is 400 g/mol. The lowest BCUT2D eigenvalue weighted by molar-refractivity contribution is 0.0951. The molecule has 0 aliphatic rings. The first-order chi connectivity index (χ1) is 13.3. The van der Waals surface area contributed by atoms with Gasteiger partial charge < -0.3 is 14.6 Å². The van der Waals surface area contributed by atoms with E-state index in [0.717, 1.165) is 5.82 Å². The van der Waals surface area contributed by atoms with Gasteiger partial charge in [0.1, 0.15) is 18.2 Å². The van der Waals surface area contributed by atoms with Crippen molar-refractivity contribution in [3.8, 4) is 5.75 Å². The molecule has 0 radical (unpaired) electrons. The Labute approximate surface area is 163 Å². The van der Waals surface area contributed by atoms with E-state index in [1.165, 1.54) is 12.1 Å². The molecule has 2 aromatic carbocycles. The first-order valence-electron chi connectivity index (χ1n) is 8.42. The molecule has 1 heterocycles. The van der Waals surface area contributed by atoms with Gasteiger partial charge in [-0.05, 0) is 42.0 Å². The second kappa shape index (κ2) is 8.24. The van der Waals surface area contributed by atoms with E-state index in [2.05, 4.69) is 10.3 Å². The second-order valence-electron chi connectivity index (χ2n) is 6.14. The Morgan fingerprint density at radius 2 is 1.96 bits per heavy atom. The van der Waals surface area contributed by atoms with Crippen molar-refractivity contribution in [3.05, 3.63) is 77.9 Å². The van der Waals surface area contributed by atoms with Crippen LogP contribution >= 0.6 is 0 Å². The zero-order valence-electron chi connectivity index (χ0n) is 15.2. The van der Waals surface area contributed by atoms with Crippen LogP contribution < -0.4 is 15.2 Å². The van der Waals surface area contributed by atoms with Gasteiger partial charge in [0.25, 0.3) is 5.91 Å². The van der Waals surface area contributed by atoms with Crippen molar-refractivity contribution >= 4 is 15.9 Å². The van der Waals surface area contributed by atoms with E-state index in [1.54, 1.807) is 42.6 Å². The fraction of sp³-hybridized carbons (Fsp3) is 0.158. The molecule has 9 heteroatoms. The molecule has 146 valence electrons. The summed E-state index contributed by atoms with van der Waals surface area (Å²) in [4.78, 5) is 16.5. The molecule has 28 heavy (non-hydrogen) atoms. The van der Waals surface area contributed by atoms with Crippen molar-refractivity contribution in [2.75, 3.05) is 0 Å². The van der Waals surface area contributed by atoms with E-state index >= 15 is 0 Å². The van der Waals surface area contributed by atoms with Gasteiger partial charge in [0.05, 0.1) is 4.90 Å². The zero-order valence-corrected chi connectivity index (χ0v) is 16.0. The van der Waals surface area contributed by atoms with E-state index in [4.69, 9.17) is 9.88 Å². The van der Waals surface area contributed by atoms with Crippen LogP contribution in [0.15, 0.2) is 65.8 Å². The summed E-state index contributed by atoms with van der Waals surface area (Å²) in [5.74, 6) is 1.14. The van der Waals surface area contributed by atoms with Crippen LogP contribution in [0.5, 0.6) is 5.75 Å². The number of hydrogen-bond donors (Lipinski definition) is 2. The van der Waals surface area contributed by atoms with Crippen LogP contribution in [0.4, 0.5) is 0 Å². The molecule has 0 aliphatic heterocycles. The van der Waals surface area contributed by atoms with Gasteiger partial charge in [0.15, 0.2) is 0 Å². The van der Waals surface area contributed by atoms with Crippen molar-refractivity contribution in [3.63, 3.8) is 0 Å². The van der Waals surface area contributed by atoms with Gasteiger partial charge in [-0.2, -0.15) is 0 Å². The van der Waals surface area contributed by atoms with Gasteiger partial charge >= 0.3 is 0 Å². The summed E-state index contributed by atoms with van der Waals surface area (Å²) in [6, 6.07) is 12.9. The third-order valence-electron chi connectivity index (χ3n) is 4.09. The highest BCUT2D eigenvalue weighted by Crippen LogP contribution is 2.14. The number of nitrogens with one attached hydrogen (secondary N) is 1. The molecule has 0 aliphatic carbocycles. The standard InChI is InChI=1S/C19H20N4O4S/c1-23-10-9-21-18(23)13-27-16-7-5-15(6-8-16)19(24)22-12-14-3-2-4-17(11-14)28(20,25)26/h2-11H,12-13H2,1H3,(H,22,24)(H2,20,25,26). The van der Waals surface area contributed by atoms with Crippen LogP contribution in [-0.2, 0) is 30.2 Å². The molecule has 0 atom stereocenters. The van der Waals surface area contributed by atoms with Gasteiger partial charge in [0, 0.05) is 31.5 Å². The number of nitrogens with two attached hydrogens (primary N) is 1. The number of carbonyl (C=O) groups is 1. The molecular formula is C19H20N4O4S. The summed E-state index contributed by atoms with van der Waals surface area (Å²) < 4.78 is 30.3. The molecule has 0 bridgehead atoms. The predicted molar refractivity (Wildman–Crippen MR) is 103 cm³/mol. The SMILES string of the molecule is Cn1ccnc1COc1ccc(C(=O)NCc2cccc(S(N)(=O)=O)c2)cc1. The average molecular weight is 400 g/mol. The molecule has 0 saturated heterocycles. The normalized spacial score (nSPS) is 11.2. The molecule has 3 aromatic rings. The first-order valence-corrected chi connectivity index (χ1v) is 9.96. The van der Waals surface area contributed by atoms with Crippen molar-refractivity contribution in [2.45, 2.75) is 18.0 Å². The van der Waals surface area contributed by atoms with E-state index in [9.17, 15) is 13.2 Å². The molecule has 1 aromatic heterocycles. The summed E-state index contributed by atoms with van der Waals surface area (Å²) in [5, 5.41) is 7.86. The van der Waals surface area contributed by atoms with Gasteiger partial charge in [-0.3, -0.25) is 4.79 Å². The minimum absolute atomic E-state index is 0.00784. The number of nitrogens with zero attached hydrogens (tertiary/aromatic N) is 2. The minimum Gasteiger partial charge on any atom is -0.486 e. The van der Waals surface area contributed by atoms with Crippen molar-refractivity contribution in [1.29, 1.82) is 0 Å². The molecule has 0 spiro atoms. The number of ether oxygens (including phenoxy) is 1. The molecule has 1 amide bonds. The van der Waals surface area contributed by atoms with Crippen molar-refractivity contribution in [1.82, 2.24) is 14.9 Å². The maximum Gasteiger partial charge on any atom is 0.251 e. The lowest BCUT2D eigenvalue weighted by atomic mass is 10.2. The maximum absolute atomic E-state index is 12.3. The topological polar surface area (TPSA) is 116 Å². The van der Waals surface area contributed by atoms with Crippen molar-refractivity contribution in [2.24, 2.45) is 12.2 Å². The Morgan fingerprint density at radius 3 is 2.61 bits per heavy atom. The number of carbonyl (C=O) groups excluding carboxylic acids is 1. The van der Waals surface area contributed by atoms with Gasteiger partial charge in [-0.15, -0.1) is 0 Å². The Bertz CT molecular complexity index is 1080. The molecular weight excluding hydrogens is 380 g/mol. The van der Waals surface area contributed by atoms with E-state index in [1.807, 2.05) is 17.8 Å². The lowest BCUT2D eigenvalue weighted by Gasteiger charge is -2.09. The van der Waals surface area contributed by atoms with Crippen LogP contribution in [0, 0.1) is 0 Å². The maximum atomic E-state index is 12.3. The molecule has 0 unspecified atom stereocenters. The summed E-state index contributed by atoms with van der Waals surface area (Å²) >= 11 is 0. The summed E-state index contributed by atoms with van der Waals surface area (Å²) in [6.07, 6.45) is 3.54.